The third-order valence-corrected chi connectivity index (χ3v) is 5.85. The molecule has 1 atom stereocenters. The Morgan fingerprint density at radius 3 is 2.55 bits per heavy atom. The summed E-state index contributed by atoms with van der Waals surface area (Å²) in [6.45, 7) is 2.09. The molecule has 0 saturated carbocycles. The SMILES string of the molecule is CC1=C[C@](C=NNc2ccc([N+](=O)[O-])cc2[N+](=O)[O-])(Sc2ccccc2)CCC1. The van der Waals surface area contributed by atoms with Crippen LogP contribution in [0.2, 0.25) is 0 Å². The highest BCUT2D eigenvalue weighted by molar-refractivity contribution is 8.01. The van der Waals surface area contributed by atoms with Gasteiger partial charge in [0.15, 0.2) is 0 Å². The summed E-state index contributed by atoms with van der Waals surface area (Å²) in [5, 5.41) is 26.4. The summed E-state index contributed by atoms with van der Waals surface area (Å²) in [7, 11) is 0. The standard InChI is InChI=1S/C20H20N4O4S/c1-15-6-5-11-20(13-15,29-17-7-3-2-4-8-17)14-21-22-18-10-9-16(23(25)26)12-19(18)24(27)28/h2-4,7-10,12-14,22H,5-6,11H2,1H3/t20-/m1/s1. The number of benzene rings is 2. The van der Waals surface area contributed by atoms with Gasteiger partial charge < -0.3 is 0 Å². The maximum atomic E-state index is 11.3. The fourth-order valence-electron chi connectivity index (χ4n) is 3.21. The summed E-state index contributed by atoms with van der Waals surface area (Å²) in [6.07, 6.45) is 6.89. The Morgan fingerprint density at radius 2 is 1.90 bits per heavy atom. The Hall–Kier alpha value is -3.20. The minimum absolute atomic E-state index is 0.105. The van der Waals surface area contributed by atoms with E-state index in [4.69, 9.17) is 0 Å². The Kier molecular flexibility index (Phi) is 6.28. The molecule has 3 rings (SSSR count). The van der Waals surface area contributed by atoms with Crippen LogP contribution in [0.15, 0.2) is 70.2 Å². The van der Waals surface area contributed by atoms with Crippen molar-refractivity contribution in [2.24, 2.45) is 5.10 Å². The molecule has 2 aromatic rings. The number of nitro benzene ring substituents is 2. The van der Waals surface area contributed by atoms with E-state index in [0.717, 1.165) is 30.2 Å². The summed E-state index contributed by atoms with van der Waals surface area (Å²) < 4.78 is -0.369. The summed E-state index contributed by atoms with van der Waals surface area (Å²) in [5.41, 5.74) is 3.34. The minimum atomic E-state index is -0.666. The topological polar surface area (TPSA) is 111 Å². The third-order valence-electron chi connectivity index (χ3n) is 4.54. The van der Waals surface area contributed by atoms with E-state index in [-0.39, 0.29) is 16.1 Å². The highest BCUT2D eigenvalue weighted by Crippen LogP contribution is 2.41. The number of anilines is 1. The minimum Gasteiger partial charge on any atom is -0.272 e. The number of nitro groups is 2. The van der Waals surface area contributed by atoms with Gasteiger partial charge in [0.2, 0.25) is 0 Å². The van der Waals surface area contributed by atoms with E-state index in [1.807, 2.05) is 30.3 Å². The summed E-state index contributed by atoms with van der Waals surface area (Å²) in [6, 6.07) is 13.4. The first-order valence-corrected chi connectivity index (χ1v) is 9.86. The number of non-ortho nitro benzene ring substituents is 1. The van der Waals surface area contributed by atoms with E-state index in [9.17, 15) is 20.2 Å². The van der Waals surface area contributed by atoms with Crippen molar-refractivity contribution >= 4 is 35.0 Å². The molecule has 0 heterocycles. The molecule has 0 spiro atoms. The van der Waals surface area contributed by atoms with Crippen molar-refractivity contribution < 1.29 is 9.85 Å². The van der Waals surface area contributed by atoms with Crippen molar-refractivity contribution in [1.29, 1.82) is 0 Å². The summed E-state index contributed by atoms with van der Waals surface area (Å²) >= 11 is 1.68. The zero-order valence-electron chi connectivity index (χ0n) is 15.8. The van der Waals surface area contributed by atoms with Crippen LogP contribution in [0.5, 0.6) is 0 Å². The van der Waals surface area contributed by atoms with Crippen molar-refractivity contribution in [2.45, 2.75) is 35.8 Å². The predicted octanol–water partition coefficient (Wildman–Crippen LogP) is 5.56. The van der Waals surface area contributed by atoms with Crippen LogP contribution in [-0.2, 0) is 0 Å². The molecule has 8 nitrogen and oxygen atoms in total. The van der Waals surface area contributed by atoms with Crippen LogP contribution < -0.4 is 5.43 Å². The second-order valence-electron chi connectivity index (χ2n) is 6.80. The van der Waals surface area contributed by atoms with Gasteiger partial charge in [0.25, 0.3) is 5.69 Å². The molecule has 0 radical (unpaired) electrons. The molecule has 0 unspecified atom stereocenters. The van der Waals surface area contributed by atoms with E-state index in [0.29, 0.717) is 0 Å². The van der Waals surface area contributed by atoms with Gasteiger partial charge in [-0.15, -0.1) is 11.8 Å². The smallest absolute Gasteiger partial charge is 0.272 e. The lowest BCUT2D eigenvalue weighted by molar-refractivity contribution is -0.393. The molecule has 0 aromatic heterocycles. The Bertz CT molecular complexity index is 978. The monoisotopic (exact) mass is 412 g/mol. The van der Waals surface area contributed by atoms with Crippen LogP contribution >= 0.6 is 11.8 Å². The molecule has 0 bridgehead atoms. The second-order valence-corrected chi connectivity index (χ2v) is 8.24. The number of thioether (sulfide) groups is 1. The first-order chi connectivity index (χ1) is 13.9. The van der Waals surface area contributed by atoms with Crippen LogP contribution in [0.4, 0.5) is 17.1 Å². The van der Waals surface area contributed by atoms with Gasteiger partial charge in [0.05, 0.1) is 20.7 Å². The first kappa shape index (κ1) is 20.5. The fraction of sp³-hybridized carbons (Fsp3) is 0.250. The van der Waals surface area contributed by atoms with Crippen LogP contribution in [0.25, 0.3) is 0 Å². The molecular weight excluding hydrogens is 392 g/mol. The molecule has 1 aliphatic carbocycles. The number of nitrogens with zero attached hydrogens (tertiary/aromatic N) is 3. The van der Waals surface area contributed by atoms with Gasteiger partial charge in [-0.05, 0) is 44.4 Å². The van der Waals surface area contributed by atoms with Gasteiger partial charge in [0, 0.05) is 17.2 Å². The van der Waals surface area contributed by atoms with Gasteiger partial charge >= 0.3 is 5.69 Å². The van der Waals surface area contributed by atoms with Crippen LogP contribution in [0.1, 0.15) is 26.2 Å². The molecule has 1 aliphatic rings. The van der Waals surface area contributed by atoms with Crippen LogP contribution in [0, 0.1) is 20.2 Å². The lowest BCUT2D eigenvalue weighted by Gasteiger charge is -2.30. The van der Waals surface area contributed by atoms with Gasteiger partial charge in [-0.3, -0.25) is 25.7 Å². The molecule has 29 heavy (non-hydrogen) atoms. The molecule has 9 heteroatoms. The molecule has 0 saturated heterocycles. The van der Waals surface area contributed by atoms with Crippen LogP contribution in [-0.4, -0.2) is 20.8 Å². The maximum absolute atomic E-state index is 11.3. The van der Waals surface area contributed by atoms with Crippen molar-refractivity contribution in [3.63, 3.8) is 0 Å². The fourth-order valence-corrected chi connectivity index (χ4v) is 4.56. The van der Waals surface area contributed by atoms with Gasteiger partial charge in [-0.1, -0.05) is 29.8 Å². The van der Waals surface area contributed by atoms with E-state index in [1.165, 1.54) is 17.7 Å². The Balaban J connectivity index is 1.86. The highest BCUT2D eigenvalue weighted by Gasteiger charge is 2.30. The average Bonchev–Trinajstić information content (AvgIpc) is 2.68. The third kappa shape index (κ3) is 5.20. The lowest BCUT2D eigenvalue weighted by Crippen LogP contribution is -2.27. The molecule has 0 aliphatic heterocycles. The van der Waals surface area contributed by atoms with Crippen molar-refractivity contribution in [3.8, 4) is 0 Å². The Morgan fingerprint density at radius 1 is 1.14 bits per heavy atom. The number of rotatable bonds is 7. The maximum Gasteiger partial charge on any atom is 0.301 e. The average molecular weight is 412 g/mol. The normalized spacial score (nSPS) is 19.0. The molecule has 0 fully saturated rings. The molecular formula is C20H20N4O4S. The molecule has 2 aromatic carbocycles. The van der Waals surface area contributed by atoms with E-state index >= 15 is 0 Å². The van der Waals surface area contributed by atoms with Crippen LogP contribution in [0.3, 0.4) is 0 Å². The number of hydrogen-bond acceptors (Lipinski definition) is 7. The lowest BCUT2D eigenvalue weighted by atomic mass is 9.91. The number of nitrogens with one attached hydrogen (secondary N) is 1. The Labute approximate surface area is 172 Å². The van der Waals surface area contributed by atoms with Crippen molar-refractivity contribution in [1.82, 2.24) is 0 Å². The van der Waals surface area contributed by atoms with E-state index in [1.54, 1.807) is 18.0 Å². The van der Waals surface area contributed by atoms with Crippen molar-refractivity contribution in [2.75, 3.05) is 5.43 Å². The predicted molar refractivity (Wildman–Crippen MR) is 115 cm³/mol. The zero-order valence-corrected chi connectivity index (χ0v) is 16.6. The van der Waals surface area contributed by atoms with E-state index in [2.05, 4.69) is 23.5 Å². The van der Waals surface area contributed by atoms with Gasteiger partial charge in [-0.2, -0.15) is 5.10 Å². The second kappa shape index (κ2) is 8.87. The zero-order chi connectivity index (χ0) is 20.9. The molecule has 0 amide bonds. The highest BCUT2D eigenvalue weighted by atomic mass is 32.2. The quantitative estimate of drug-likeness (QED) is 0.276. The first-order valence-electron chi connectivity index (χ1n) is 9.04. The largest absolute Gasteiger partial charge is 0.301 e. The van der Waals surface area contributed by atoms with Gasteiger partial charge in [0.1, 0.15) is 5.69 Å². The number of hydrogen-bond donors (Lipinski definition) is 1. The summed E-state index contributed by atoms with van der Waals surface area (Å²) in [5.74, 6) is 0. The summed E-state index contributed by atoms with van der Waals surface area (Å²) in [4.78, 5) is 21.9. The number of allylic oxidation sites excluding steroid dienone is 1. The molecule has 150 valence electrons. The van der Waals surface area contributed by atoms with Crippen molar-refractivity contribution in [3.05, 3.63) is 80.4 Å². The molecule has 1 N–H and O–H groups in total. The van der Waals surface area contributed by atoms with Gasteiger partial charge in [-0.25, -0.2) is 0 Å². The van der Waals surface area contributed by atoms with E-state index < -0.39 is 15.5 Å². The number of hydrazone groups is 1.